The highest BCUT2D eigenvalue weighted by atomic mass is 32.2. The van der Waals surface area contributed by atoms with E-state index in [1.165, 1.54) is 0 Å². The van der Waals surface area contributed by atoms with Gasteiger partial charge in [-0.1, -0.05) is 18.9 Å². The average molecular weight is 380 g/mol. The van der Waals surface area contributed by atoms with Crippen LogP contribution in [0.4, 0.5) is 0 Å². The molecule has 2 saturated heterocycles. The van der Waals surface area contributed by atoms with E-state index in [4.69, 9.17) is 0 Å². The Morgan fingerprint density at radius 3 is 2.50 bits per heavy atom. The van der Waals surface area contributed by atoms with E-state index in [1.807, 2.05) is 11.9 Å². The van der Waals surface area contributed by atoms with E-state index < -0.39 is 10.0 Å². The molecule has 1 atom stereocenters. The lowest BCUT2D eigenvalue weighted by Crippen LogP contribution is -2.47. The number of hydrogen-bond donors (Lipinski definition) is 1. The lowest BCUT2D eigenvalue weighted by Gasteiger charge is -2.32. The Bertz CT molecular complexity index is 727. The number of piperidine rings is 1. The molecule has 2 heterocycles. The minimum absolute atomic E-state index is 0.0853. The molecule has 7 heteroatoms. The van der Waals surface area contributed by atoms with E-state index in [0.717, 1.165) is 45.1 Å². The van der Waals surface area contributed by atoms with Crippen molar-refractivity contribution in [3.05, 3.63) is 29.8 Å². The number of carbonyl (C=O) groups is 1. The molecule has 26 heavy (non-hydrogen) atoms. The number of benzene rings is 1. The third-order valence-corrected chi connectivity index (χ3v) is 7.30. The smallest absolute Gasteiger partial charge is 0.253 e. The molecule has 0 radical (unpaired) electrons. The van der Waals surface area contributed by atoms with Gasteiger partial charge in [0, 0.05) is 37.8 Å². The summed E-state index contributed by atoms with van der Waals surface area (Å²) in [7, 11) is -1.63. The number of nitrogens with one attached hydrogen (secondary N) is 1. The Balaban J connectivity index is 1.80. The number of hydrogen-bond acceptors (Lipinski definition) is 4. The Morgan fingerprint density at radius 2 is 1.81 bits per heavy atom. The van der Waals surface area contributed by atoms with Gasteiger partial charge in [-0.25, -0.2) is 8.42 Å². The van der Waals surface area contributed by atoms with Gasteiger partial charge in [0.2, 0.25) is 10.0 Å². The quantitative estimate of drug-likeness (QED) is 0.870. The minimum atomic E-state index is -3.54. The van der Waals surface area contributed by atoms with Crippen molar-refractivity contribution >= 4 is 15.9 Å². The topological polar surface area (TPSA) is 69.7 Å². The third-order valence-electron chi connectivity index (χ3n) is 5.40. The van der Waals surface area contributed by atoms with Crippen LogP contribution in [0.15, 0.2) is 29.2 Å². The largest absolute Gasteiger partial charge is 0.337 e. The van der Waals surface area contributed by atoms with Gasteiger partial charge in [-0.05, 0) is 50.9 Å². The van der Waals surface area contributed by atoms with Crippen LogP contribution in [0.2, 0.25) is 0 Å². The molecular formula is C19H29N3O3S. The highest BCUT2D eigenvalue weighted by Crippen LogP contribution is 2.22. The normalized spacial score (nSPS) is 22.8. The monoisotopic (exact) mass is 379 g/mol. The molecular weight excluding hydrogens is 350 g/mol. The summed E-state index contributed by atoms with van der Waals surface area (Å²) in [4.78, 5) is 14.9. The number of likely N-dealkylation sites (tertiary alicyclic amines) is 1. The first-order valence-corrected chi connectivity index (χ1v) is 11.0. The standard InChI is InChI=1S/C19H29N3O3S/c1-20-17-9-7-11-21(15-17)19(23)16-8-6-10-18(14-16)26(24,25)22-12-4-2-3-5-13-22/h6,8,10,14,17,20H,2-5,7,9,11-13,15H2,1H3. The second-order valence-electron chi connectivity index (χ2n) is 7.23. The van der Waals surface area contributed by atoms with Crippen molar-refractivity contribution in [2.24, 2.45) is 0 Å². The highest BCUT2D eigenvalue weighted by Gasteiger charge is 2.27. The van der Waals surface area contributed by atoms with Gasteiger partial charge in [-0.2, -0.15) is 4.31 Å². The summed E-state index contributed by atoms with van der Waals surface area (Å²) in [5.74, 6) is -0.0853. The van der Waals surface area contributed by atoms with Crippen LogP contribution >= 0.6 is 0 Å². The number of likely N-dealkylation sites (N-methyl/N-ethyl adjacent to an activating group) is 1. The molecule has 3 rings (SSSR count). The number of carbonyl (C=O) groups excluding carboxylic acids is 1. The number of nitrogens with zero attached hydrogens (tertiary/aromatic N) is 2. The number of sulfonamides is 1. The van der Waals surface area contributed by atoms with Crippen LogP contribution in [-0.4, -0.2) is 62.8 Å². The van der Waals surface area contributed by atoms with Gasteiger partial charge in [0.15, 0.2) is 0 Å². The molecule has 1 aromatic carbocycles. The molecule has 2 aliphatic heterocycles. The summed E-state index contributed by atoms with van der Waals surface area (Å²) in [5, 5.41) is 3.23. The Kier molecular flexibility index (Phi) is 6.32. The molecule has 0 saturated carbocycles. The SMILES string of the molecule is CNC1CCCN(C(=O)c2cccc(S(=O)(=O)N3CCCCCC3)c2)C1. The van der Waals surface area contributed by atoms with Crippen molar-refractivity contribution in [2.75, 3.05) is 33.2 Å². The van der Waals surface area contributed by atoms with Gasteiger partial charge in [-0.3, -0.25) is 4.79 Å². The second kappa shape index (κ2) is 8.50. The third kappa shape index (κ3) is 4.27. The maximum Gasteiger partial charge on any atom is 0.253 e. The first-order valence-electron chi connectivity index (χ1n) is 9.59. The predicted molar refractivity (Wildman–Crippen MR) is 102 cm³/mol. The van der Waals surface area contributed by atoms with Crippen molar-refractivity contribution in [3.8, 4) is 0 Å². The molecule has 6 nitrogen and oxygen atoms in total. The molecule has 1 N–H and O–H groups in total. The summed E-state index contributed by atoms with van der Waals surface area (Å²) in [5.41, 5.74) is 0.456. The fourth-order valence-electron chi connectivity index (χ4n) is 3.80. The molecule has 1 aromatic rings. The van der Waals surface area contributed by atoms with Crippen LogP contribution < -0.4 is 5.32 Å². The predicted octanol–water partition coefficient (Wildman–Crippen LogP) is 2.08. The molecule has 0 aromatic heterocycles. The number of amides is 1. The highest BCUT2D eigenvalue weighted by molar-refractivity contribution is 7.89. The molecule has 0 spiro atoms. The van der Waals surface area contributed by atoms with E-state index in [9.17, 15) is 13.2 Å². The molecule has 1 amide bonds. The zero-order valence-corrected chi connectivity index (χ0v) is 16.3. The molecule has 2 aliphatic rings. The van der Waals surface area contributed by atoms with Gasteiger partial charge < -0.3 is 10.2 Å². The van der Waals surface area contributed by atoms with Crippen LogP contribution in [0.3, 0.4) is 0 Å². The van der Waals surface area contributed by atoms with Crippen molar-refractivity contribution in [2.45, 2.75) is 49.5 Å². The van der Waals surface area contributed by atoms with E-state index in [0.29, 0.717) is 31.2 Å². The fourth-order valence-corrected chi connectivity index (χ4v) is 5.36. The molecule has 2 fully saturated rings. The van der Waals surface area contributed by atoms with E-state index in [-0.39, 0.29) is 10.8 Å². The van der Waals surface area contributed by atoms with Crippen molar-refractivity contribution < 1.29 is 13.2 Å². The van der Waals surface area contributed by atoms with Crippen LogP contribution in [0, 0.1) is 0 Å². The zero-order chi connectivity index (χ0) is 18.6. The first kappa shape index (κ1) is 19.3. The second-order valence-corrected chi connectivity index (χ2v) is 9.16. The molecule has 1 unspecified atom stereocenters. The van der Waals surface area contributed by atoms with Gasteiger partial charge in [-0.15, -0.1) is 0 Å². The van der Waals surface area contributed by atoms with Crippen LogP contribution in [0.1, 0.15) is 48.9 Å². The van der Waals surface area contributed by atoms with Crippen molar-refractivity contribution in [1.29, 1.82) is 0 Å². The van der Waals surface area contributed by atoms with Gasteiger partial charge >= 0.3 is 0 Å². The maximum atomic E-state index is 13.0. The van der Waals surface area contributed by atoms with Gasteiger partial charge in [0.25, 0.3) is 5.91 Å². The average Bonchev–Trinajstić information content (AvgIpc) is 2.97. The first-order chi connectivity index (χ1) is 12.5. The Hall–Kier alpha value is -1.44. The van der Waals surface area contributed by atoms with Gasteiger partial charge in [0.1, 0.15) is 0 Å². The minimum Gasteiger partial charge on any atom is -0.337 e. The molecule has 144 valence electrons. The number of rotatable bonds is 4. The fraction of sp³-hybridized carbons (Fsp3) is 0.632. The summed E-state index contributed by atoms with van der Waals surface area (Å²) < 4.78 is 27.5. The van der Waals surface area contributed by atoms with Crippen LogP contribution in [-0.2, 0) is 10.0 Å². The van der Waals surface area contributed by atoms with Crippen LogP contribution in [0.25, 0.3) is 0 Å². The summed E-state index contributed by atoms with van der Waals surface area (Å²) in [6, 6.07) is 6.84. The summed E-state index contributed by atoms with van der Waals surface area (Å²) in [6.45, 7) is 2.52. The van der Waals surface area contributed by atoms with Crippen molar-refractivity contribution in [3.63, 3.8) is 0 Å². The Labute approximate surface area is 156 Å². The van der Waals surface area contributed by atoms with E-state index in [2.05, 4.69) is 5.32 Å². The van der Waals surface area contributed by atoms with Crippen molar-refractivity contribution in [1.82, 2.24) is 14.5 Å². The Morgan fingerprint density at radius 1 is 1.08 bits per heavy atom. The lowest BCUT2D eigenvalue weighted by atomic mass is 10.0. The summed E-state index contributed by atoms with van der Waals surface area (Å²) in [6.07, 6.45) is 5.97. The zero-order valence-electron chi connectivity index (χ0n) is 15.5. The van der Waals surface area contributed by atoms with Gasteiger partial charge in [0.05, 0.1) is 4.90 Å². The van der Waals surface area contributed by atoms with E-state index in [1.54, 1.807) is 28.6 Å². The molecule has 0 aliphatic carbocycles. The summed E-state index contributed by atoms with van der Waals surface area (Å²) >= 11 is 0. The van der Waals surface area contributed by atoms with E-state index >= 15 is 0 Å². The maximum absolute atomic E-state index is 13.0. The lowest BCUT2D eigenvalue weighted by molar-refractivity contribution is 0.0698. The molecule has 0 bridgehead atoms. The van der Waals surface area contributed by atoms with Crippen LogP contribution in [0.5, 0.6) is 0 Å².